The summed E-state index contributed by atoms with van der Waals surface area (Å²) >= 11 is 5.99. The van der Waals surface area contributed by atoms with Crippen LogP contribution in [0.1, 0.15) is 15.9 Å². The van der Waals surface area contributed by atoms with Gasteiger partial charge in [0.1, 0.15) is 31.1 Å². The SMILES string of the molecule is O=C1c2ccccc2-c2onc3c(N4CCN(CCOc5ccc(Cl)cc5)CC4)cc(Nc4ccc5c(c4)OCCO5)c1c23. The Morgan fingerprint density at radius 3 is 2.48 bits per heavy atom. The van der Waals surface area contributed by atoms with Crippen LogP contribution < -0.4 is 24.4 Å². The van der Waals surface area contributed by atoms with Crippen LogP contribution in [0.5, 0.6) is 17.2 Å². The van der Waals surface area contributed by atoms with Gasteiger partial charge in [-0.2, -0.15) is 0 Å². The molecule has 2 aliphatic heterocycles. The average molecular weight is 609 g/mol. The summed E-state index contributed by atoms with van der Waals surface area (Å²) in [5.74, 6) is 2.76. The number of nitrogens with one attached hydrogen (secondary N) is 1. The molecule has 1 fully saturated rings. The number of carbonyl (C=O) groups excluding carboxylic acids is 1. The van der Waals surface area contributed by atoms with Crippen LogP contribution in [0.4, 0.5) is 17.1 Å². The lowest BCUT2D eigenvalue weighted by Gasteiger charge is -2.36. The minimum absolute atomic E-state index is 0.0570. The van der Waals surface area contributed by atoms with Crippen molar-refractivity contribution in [2.75, 3.05) is 62.8 Å². The van der Waals surface area contributed by atoms with Gasteiger partial charge in [-0.3, -0.25) is 9.69 Å². The fourth-order valence-corrected chi connectivity index (χ4v) is 6.32. The highest BCUT2D eigenvalue weighted by Gasteiger charge is 2.34. The smallest absolute Gasteiger partial charge is 0.196 e. The Kier molecular flexibility index (Phi) is 6.76. The van der Waals surface area contributed by atoms with E-state index in [0.717, 1.165) is 60.8 Å². The molecule has 0 spiro atoms. The normalized spacial score (nSPS) is 15.8. The van der Waals surface area contributed by atoms with E-state index in [4.69, 9.17) is 30.3 Å². The number of anilines is 3. The van der Waals surface area contributed by atoms with E-state index in [1.807, 2.05) is 72.8 Å². The molecular formula is C34H29ClN4O5. The minimum Gasteiger partial charge on any atom is -0.492 e. The zero-order chi connectivity index (χ0) is 29.6. The van der Waals surface area contributed by atoms with Gasteiger partial charge in [-0.05, 0) is 42.5 Å². The molecule has 10 heteroatoms. The highest BCUT2D eigenvalue weighted by molar-refractivity contribution is 6.30. The van der Waals surface area contributed by atoms with Crippen LogP contribution in [0, 0.1) is 0 Å². The standard InChI is InChI=1S/C34H29ClN4O5/c35-21-5-8-23(9-6-21)41-16-15-38-11-13-39(14-12-38)27-20-26(36-22-7-10-28-29(19-22)43-18-17-42-28)30-31-32(27)37-44-34(31)25-4-2-1-3-24(25)33(30)40/h1-10,19-20,36H,11-18H2. The molecule has 1 aliphatic carbocycles. The van der Waals surface area contributed by atoms with Crippen molar-refractivity contribution in [3.8, 4) is 28.6 Å². The predicted molar refractivity (Wildman–Crippen MR) is 169 cm³/mol. The molecule has 9 nitrogen and oxygen atoms in total. The van der Waals surface area contributed by atoms with E-state index in [-0.39, 0.29) is 5.78 Å². The number of hydrogen-bond acceptors (Lipinski definition) is 9. The Hall–Kier alpha value is -4.73. The van der Waals surface area contributed by atoms with Gasteiger partial charge in [0.25, 0.3) is 0 Å². The molecule has 0 atom stereocenters. The lowest BCUT2D eigenvalue weighted by molar-refractivity contribution is 0.104. The van der Waals surface area contributed by atoms with E-state index in [0.29, 0.717) is 64.4 Å². The number of hydrogen-bond donors (Lipinski definition) is 1. The fourth-order valence-electron chi connectivity index (χ4n) is 6.19. The molecule has 4 aromatic carbocycles. The summed E-state index contributed by atoms with van der Waals surface area (Å²) in [6, 6.07) is 22.7. The first-order valence-corrected chi connectivity index (χ1v) is 15.1. The highest BCUT2D eigenvalue weighted by Crippen LogP contribution is 2.47. The second-order valence-corrected chi connectivity index (χ2v) is 11.5. The van der Waals surface area contributed by atoms with Gasteiger partial charge in [-0.15, -0.1) is 0 Å². The molecular weight excluding hydrogens is 580 g/mol. The third-order valence-electron chi connectivity index (χ3n) is 8.40. The van der Waals surface area contributed by atoms with Gasteiger partial charge < -0.3 is 29.0 Å². The number of nitrogens with zero attached hydrogens (tertiary/aromatic N) is 3. The topological polar surface area (TPSA) is 89.3 Å². The largest absolute Gasteiger partial charge is 0.492 e. The van der Waals surface area contributed by atoms with Crippen molar-refractivity contribution in [3.63, 3.8) is 0 Å². The maximum atomic E-state index is 14.0. The number of ketones is 1. The number of benzene rings is 4. The number of piperazine rings is 1. The minimum atomic E-state index is -0.0570. The molecule has 1 saturated heterocycles. The van der Waals surface area contributed by atoms with Gasteiger partial charge in [0.05, 0.1) is 22.3 Å². The molecule has 3 heterocycles. The zero-order valence-corrected chi connectivity index (χ0v) is 24.6. The van der Waals surface area contributed by atoms with Crippen LogP contribution in [-0.4, -0.2) is 68.4 Å². The van der Waals surface area contributed by atoms with Crippen LogP contribution in [0.25, 0.3) is 22.2 Å². The quantitative estimate of drug-likeness (QED) is 0.221. The average Bonchev–Trinajstić information content (AvgIpc) is 3.50. The van der Waals surface area contributed by atoms with Crippen LogP contribution in [0.2, 0.25) is 5.02 Å². The first-order chi connectivity index (χ1) is 21.6. The monoisotopic (exact) mass is 608 g/mol. The van der Waals surface area contributed by atoms with E-state index >= 15 is 0 Å². The summed E-state index contributed by atoms with van der Waals surface area (Å²) in [5, 5.41) is 9.50. The fraction of sp³-hybridized carbons (Fsp3) is 0.235. The molecule has 1 aromatic heterocycles. The Morgan fingerprint density at radius 1 is 0.886 bits per heavy atom. The summed E-state index contributed by atoms with van der Waals surface area (Å²) in [6.07, 6.45) is 0. The predicted octanol–water partition coefficient (Wildman–Crippen LogP) is 6.41. The number of carbonyl (C=O) groups is 1. The maximum absolute atomic E-state index is 14.0. The second kappa shape index (κ2) is 11.1. The molecule has 3 aliphatic rings. The van der Waals surface area contributed by atoms with E-state index in [1.165, 1.54) is 0 Å². The van der Waals surface area contributed by atoms with Gasteiger partial charge in [0.2, 0.25) is 0 Å². The van der Waals surface area contributed by atoms with Gasteiger partial charge in [-0.1, -0.05) is 41.0 Å². The number of ether oxygens (including phenoxy) is 3. The van der Waals surface area contributed by atoms with Crippen molar-refractivity contribution >= 4 is 45.3 Å². The van der Waals surface area contributed by atoms with Gasteiger partial charge in [-0.25, -0.2) is 0 Å². The Balaban J connectivity index is 1.09. The van der Waals surface area contributed by atoms with E-state index in [1.54, 1.807) is 0 Å². The molecule has 0 bridgehead atoms. The molecule has 1 N–H and O–H groups in total. The molecule has 5 aromatic rings. The molecule has 0 amide bonds. The van der Waals surface area contributed by atoms with Crippen LogP contribution in [0.3, 0.4) is 0 Å². The zero-order valence-electron chi connectivity index (χ0n) is 23.8. The number of halogens is 1. The number of aromatic nitrogens is 1. The van der Waals surface area contributed by atoms with Crippen molar-refractivity contribution in [1.82, 2.24) is 10.1 Å². The summed E-state index contributed by atoms with van der Waals surface area (Å²) in [5.41, 5.74) is 5.06. The summed E-state index contributed by atoms with van der Waals surface area (Å²) in [4.78, 5) is 18.7. The number of rotatable bonds is 7. The van der Waals surface area contributed by atoms with Gasteiger partial charge in [0, 0.05) is 60.6 Å². The third-order valence-corrected chi connectivity index (χ3v) is 8.65. The Morgan fingerprint density at radius 2 is 1.66 bits per heavy atom. The first kappa shape index (κ1) is 26.9. The highest BCUT2D eigenvalue weighted by atomic mass is 35.5. The molecule has 44 heavy (non-hydrogen) atoms. The van der Waals surface area contributed by atoms with Crippen LogP contribution in [-0.2, 0) is 0 Å². The van der Waals surface area contributed by atoms with Crippen LogP contribution >= 0.6 is 11.6 Å². The maximum Gasteiger partial charge on any atom is 0.196 e. The van der Waals surface area contributed by atoms with Gasteiger partial charge >= 0.3 is 0 Å². The number of fused-ring (bicyclic) bond motifs is 3. The summed E-state index contributed by atoms with van der Waals surface area (Å²) in [6.45, 7) is 5.76. The van der Waals surface area contributed by atoms with Crippen molar-refractivity contribution in [1.29, 1.82) is 0 Å². The van der Waals surface area contributed by atoms with E-state index in [2.05, 4.69) is 20.3 Å². The molecule has 222 valence electrons. The van der Waals surface area contributed by atoms with E-state index < -0.39 is 0 Å². The Bertz CT molecular complexity index is 1880. The van der Waals surface area contributed by atoms with Crippen molar-refractivity contribution in [3.05, 3.63) is 88.9 Å². The second-order valence-electron chi connectivity index (χ2n) is 11.0. The van der Waals surface area contributed by atoms with Crippen molar-refractivity contribution < 1.29 is 23.5 Å². The molecule has 0 unspecified atom stereocenters. The lowest BCUT2D eigenvalue weighted by atomic mass is 9.86. The molecule has 0 saturated carbocycles. The molecule has 8 rings (SSSR count). The third kappa shape index (κ3) is 4.78. The van der Waals surface area contributed by atoms with Crippen molar-refractivity contribution in [2.24, 2.45) is 0 Å². The Labute approximate surface area is 258 Å². The first-order valence-electron chi connectivity index (χ1n) is 14.8. The van der Waals surface area contributed by atoms with Gasteiger partial charge in [0.15, 0.2) is 23.0 Å². The lowest BCUT2D eigenvalue weighted by Crippen LogP contribution is -2.47. The molecule has 0 radical (unpaired) electrons. The van der Waals surface area contributed by atoms with E-state index in [9.17, 15) is 4.79 Å². The van der Waals surface area contributed by atoms with Crippen molar-refractivity contribution in [2.45, 2.75) is 0 Å². The van der Waals surface area contributed by atoms with Crippen LogP contribution in [0.15, 0.2) is 77.3 Å². The summed E-state index contributed by atoms with van der Waals surface area (Å²) in [7, 11) is 0. The summed E-state index contributed by atoms with van der Waals surface area (Å²) < 4.78 is 23.4.